The second-order valence-electron chi connectivity index (χ2n) is 6.47. The number of fused-ring (bicyclic) bond motifs is 1. The predicted molar refractivity (Wildman–Crippen MR) is 93.5 cm³/mol. The number of hydrogen-bond donors (Lipinski definition) is 0. The molecule has 24 heavy (non-hydrogen) atoms. The molecule has 0 saturated carbocycles. The highest BCUT2D eigenvalue weighted by Crippen LogP contribution is 2.32. The van der Waals surface area contributed by atoms with Crippen molar-refractivity contribution in [3.63, 3.8) is 0 Å². The lowest BCUT2D eigenvalue weighted by atomic mass is 10.0. The number of nitrogens with zero attached hydrogens (tertiary/aromatic N) is 3. The first-order valence-corrected chi connectivity index (χ1v) is 8.39. The van der Waals surface area contributed by atoms with Gasteiger partial charge in [-0.1, -0.05) is 26.0 Å². The van der Waals surface area contributed by atoms with Gasteiger partial charge in [0.05, 0.1) is 14.2 Å². The van der Waals surface area contributed by atoms with E-state index in [9.17, 15) is 0 Å². The highest BCUT2D eigenvalue weighted by atomic mass is 16.5. The molecule has 1 aliphatic heterocycles. The van der Waals surface area contributed by atoms with Crippen LogP contribution in [0.3, 0.4) is 0 Å². The van der Waals surface area contributed by atoms with E-state index in [-0.39, 0.29) is 0 Å². The molecule has 0 spiro atoms. The maximum atomic E-state index is 5.54. The Morgan fingerprint density at radius 3 is 2.75 bits per heavy atom. The molecule has 5 heteroatoms. The molecule has 2 aromatic rings. The molecular formula is C19H25N3O2. The van der Waals surface area contributed by atoms with Crippen LogP contribution < -0.4 is 9.47 Å². The lowest BCUT2D eigenvalue weighted by Gasteiger charge is -2.29. The molecule has 1 aliphatic rings. The van der Waals surface area contributed by atoms with Gasteiger partial charge in [-0.3, -0.25) is 4.90 Å². The summed E-state index contributed by atoms with van der Waals surface area (Å²) >= 11 is 0. The van der Waals surface area contributed by atoms with E-state index < -0.39 is 0 Å². The van der Waals surface area contributed by atoms with Gasteiger partial charge in [-0.2, -0.15) is 0 Å². The summed E-state index contributed by atoms with van der Waals surface area (Å²) in [7, 11) is 3.36. The molecule has 0 unspecified atom stereocenters. The van der Waals surface area contributed by atoms with Crippen LogP contribution in [0, 0.1) is 0 Å². The molecule has 3 rings (SSSR count). The number of methoxy groups -OCH3 is 2. The van der Waals surface area contributed by atoms with Crippen molar-refractivity contribution in [2.24, 2.45) is 0 Å². The Kier molecular flexibility index (Phi) is 5.00. The van der Waals surface area contributed by atoms with Gasteiger partial charge >= 0.3 is 0 Å². The Hall–Kier alpha value is -2.14. The van der Waals surface area contributed by atoms with Crippen molar-refractivity contribution >= 4 is 0 Å². The first kappa shape index (κ1) is 16.7. The first-order chi connectivity index (χ1) is 11.6. The monoisotopic (exact) mass is 327 g/mol. The van der Waals surface area contributed by atoms with Gasteiger partial charge in [-0.25, -0.2) is 9.97 Å². The van der Waals surface area contributed by atoms with Crippen LogP contribution in [0.1, 0.15) is 42.4 Å². The fourth-order valence-corrected chi connectivity index (χ4v) is 3.12. The smallest absolute Gasteiger partial charge is 0.165 e. The van der Waals surface area contributed by atoms with Crippen LogP contribution in [0.5, 0.6) is 11.5 Å². The molecule has 0 fully saturated rings. The number of ether oxygens (including phenoxy) is 2. The van der Waals surface area contributed by atoms with E-state index in [2.05, 4.69) is 29.8 Å². The number of rotatable bonds is 5. The van der Waals surface area contributed by atoms with Crippen molar-refractivity contribution in [3.05, 3.63) is 47.0 Å². The van der Waals surface area contributed by atoms with E-state index in [1.165, 1.54) is 11.3 Å². The van der Waals surface area contributed by atoms with E-state index in [1.807, 2.05) is 18.3 Å². The second kappa shape index (κ2) is 7.18. The van der Waals surface area contributed by atoms with Gasteiger partial charge < -0.3 is 9.47 Å². The van der Waals surface area contributed by atoms with E-state index in [0.29, 0.717) is 5.92 Å². The van der Waals surface area contributed by atoms with Crippen molar-refractivity contribution in [1.29, 1.82) is 0 Å². The van der Waals surface area contributed by atoms with Gasteiger partial charge in [-0.15, -0.1) is 0 Å². The van der Waals surface area contributed by atoms with Crippen LogP contribution in [0.4, 0.5) is 0 Å². The highest BCUT2D eigenvalue weighted by molar-refractivity contribution is 5.46. The van der Waals surface area contributed by atoms with Gasteiger partial charge in [0.1, 0.15) is 5.82 Å². The van der Waals surface area contributed by atoms with Gasteiger partial charge in [0.15, 0.2) is 11.5 Å². The molecule has 0 radical (unpaired) electrons. The van der Waals surface area contributed by atoms with E-state index in [1.54, 1.807) is 14.2 Å². The molecule has 0 amide bonds. The molecule has 0 bridgehead atoms. The van der Waals surface area contributed by atoms with Crippen LogP contribution in [-0.4, -0.2) is 35.6 Å². The Labute approximate surface area is 143 Å². The van der Waals surface area contributed by atoms with Crippen molar-refractivity contribution < 1.29 is 9.47 Å². The molecule has 5 nitrogen and oxygen atoms in total. The Morgan fingerprint density at radius 1 is 1.21 bits per heavy atom. The zero-order valence-electron chi connectivity index (χ0n) is 14.9. The minimum absolute atomic E-state index is 0.370. The predicted octanol–water partition coefficient (Wildman–Crippen LogP) is 3.18. The molecule has 0 saturated heterocycles. The van der Waals surface area contributed by atoms with E-state index >= 15 is 0 Å². The van der Waals surface area contributed by atoms with Gasteiger partial charge in [0.25, 0.3) is 0 Å². The zero-order valence-corrected chi connectivity index (χ0v) is 14.9. The van der Waals surface area contributed by atoms with Crippen molar-refractivity contribution in [1.82, 2.24) is 14.9 Å². The molecule has 0 N–H and O–H groups in total. The fraction of sp³-hybridized carbons (Fsp3) is 0.474. The third-order valence-corrected chi connectivity index (χ3v) is 4.43. The highest BCUT2D eigenvalue weighted by Gasteiger charge is 2.21. The summed E-state index contributed by atoms with van der Waals surface area (Å²) in [6.07, 6.45) is 2.95. The lowest BCUT2D eigenvalue weighted by Crippen LogP contribution is -2.31. The van der Waals surface area contributed by atoms with Gasteiger partial charge in [0, 0.05) is 55.0 Å². The van der Waals surface area contributed by atoms with E-state index in [0.717, 1.165) is 48.9 Å². The molecule has 0 aliphatic carbocycles. The van der Waals surface area contributed by atoms with Crippen LogP contribution in [0.15, 0.2) is 24.4 Å². The van der Waals surface area contributed by atoms with Gasteiger partial charge in [-0.05, 0) is 6.07 Å². The molecule has 128 valence electrons. The maximum Gasteiger partial charge on any atom is 0.165 e. The summed E-state index contributed by atoms with van der Waals surface area (Å²) in [5.74, 6) is 2.90. The van der Waals surface area contributed by atoms with Crippen LogP contribution >= 0.6 is 0 Å². The molecular weight excluding hydrogens is 302 g/mol. The minimum Gasteiger partial charge on any atom is -0.493 e. The number of aromatic nitrogens is 2. The van der Waals surface area contributed by atoms with Crippen molar-refractivity contribution in [2.45, 2.75) is 39.3 Å². The molecule has 1 aromatic carbocycles. The van der Waals surface area contributed by atoms with Gasteiger partial charge in [0.2, 0.25) is 0 Å². The summed E-state index contributed by atoms with van der Waals surface area (Å²) in [4.78, 5) is 11.6. The Bertz CT molecular complexity index is 716. The topological polar surface area (TPSA) is 47.5 Å². The zero-order chi connectivity index (χ0) is 17.1. The summed E-state index contributed by atoms with van der Waals surface area (Å²) in [5, 5.41) is 0. The minimum atomic E-state index is 0.370. The lowest BCUT2D eigenvalue weighted by molar-refractivity contribution is 0.237. The van der Waals surface area contributed by atoms with Crippen LogP contribution in [0.25, 0.3) is 0 Å². The fourth-order valence-electron chi connectivity index (χ4n) is 3.12. The Balaban J connectivity index is 1.77. The quantitative estimate of drug-likeness (QED) is 0.844. The number of hydrogen-bond acceptors (Lipinski definition) is 5. The molecule has 1 aromatic heterocycles. The first-order valence-electron chi connectivity index (χ1n) is 8.39. The molecule has 2 heterocycles. The van der Waals surface area contributed by atoms with E-state index in [4.69, 9.17) is 14.5 Å². The van der Waals surface area contributed by atoms with Crippen molar-refractivity contribution in [2.75, 3.05) is 20.8 Å². The average molecular weight is 327 g/mol. The van der Waals surface area contributed by atoms with Crippen LogP contribution in [0.2, 0.25) is 0 Å². The SMILES string of the molecule is COc1cccc(CN2CCc3nc(C(C)C)ncc3C2)c1OC. The third kappa shape index (κ3) is 3.36. The standard InChI is InChI=1S/C19H25N3O2/c1-13(2)19-20-10-15-12-22(9-8-16(15)21-19)11-14-6-5-7-17(23-3)18(14)24-4/h5-7,10,13H,8-9,11-12H2,1-4H3. The number of benzene rings is 1. The maximum absolute atomic E-state index is 5.54. The third-order valence-electron chi connectivity index (χ3n) is 4.43. The summed E-state index contributed by atoms with van der Waals surface area (Å²) in [6.45, 7) is 6.94. The average Bonchev–Trinajstić information content (AvgIpc) is 2.60. The Morgan fingerprint density at radius 2 is 2.04 bits per heavy atom. The molecule has 0 atom stereocenters. The van der Waals surface area contributed by atoms with Crippen LogP contribution in [-0.2, 0) is 19.5 Å². The normalized spacial score (nSPS) is 14.5. The van der Waals surface area contributed by atoms with Crippen molar-refractivity contribution in [3.8, 4) is 11.5 Å². The summed E-state index contributed by atoms with van der Waals surface area (Å²) in [6, 6.07) is 6.02. The second-order valence-corrected chi connectivity index (χ2v) is 6.47. The summed E-state index contributed by atoms with van der Waals surface area (Å²) in [5.41, 5.74) is 3.56. The largest absolute Gasteiger partial charge is 0.493 e. The number of para-hydroxylation sites is 1. The summed E-state index contributed by atoms with van der Waals surface area (Å²) < 4.78 is 10.9.